The fourth-order valence-corrected chi connectivity index (χ4v) is 6.27. The standard InChI is InChI=1S/C35H36N5O4.Y/c1-22-16-31-34(43)38-28(17-23-10-4-2-5-11-23)32(41)37-29(19-25-20-36-27-15-9-8-14-26(25)27)33(42)39-30(35(44)40(31)21-22)18-24-12-6-3-7-13-24;/h2-15,20,22,28-31,36H,1,16-19,21H2,(H,37,41)(H,38,43)(H,39,42);/q-1;/t22-,28+,29+,30+,31-;/m1./s1. The molecule has 2 saturated heterocycles. The molecule has 0 bridgehead atoms. The zero-order chi connectivity index (χ0) is 30.6. The fraction of sp³-hybridized carbons (Fsp3) is 0.286. The molecule has 2 aliphatic heterocycles. The van der Waals surface area contributed by atoms with Crippen molar-refractivity contribution in [3.05, 3.63) is 115 Å². The summed E-state index contributed by atoms with van der Waals surface area (Å²) in [5.41, 5.74) is 3.48. The van der Waals surface area contributed by atoms with Crippen molar-refractivity contribution < 1.29 is 51.9 Å². The molecule has 6 rings (SSSR count). The predicted molar refractivity (Wildman–Crippen MR) is 167 cm³/mol. The van der Waals surface area contributed by atoms with E-state index in [0.29, 0.717) is 6.42 Å². The predicted octanol–water partition coefficient (Wildman–Crippen LogP) is 2.71. The van der Waals surface area contributed by atoms with Crippen LogP contribution in [0.4, 0.5) is 0 Å². The number of rotatable bonds is 6. The van der Waals surface area contributed by atoms with Gasteiger partial charge in [-0.15, -0.1) is 5.92 Å². The van der Waals surface area contributed by atoms with E-state index < -0.39 is 41.9 Å². The first-order valence-electron chi connectivity index (χ1n) is 15.0. The molecule has 0 unspecified atom stereocenters. The van der Waals surface area contributed by atoms with E-state index in [4.69, 9.17) is 0 Å². The van der Waals surface area contributed by atoms with Crippen LogP contribution in [0.2, 0.25) is 0 Å². The van der Waals surface area contributed by atoms with Gasteiger partial charge in [-0.3, -0.25) is 19.2 Å². The summed E-state index contributed by atoms with van der Waals surface area (Å²) in [5, 5.41) is 9.75. The molecule has 2 aliphatic rings. The molecule has 0 aliphatic carbocycles. The van der Waals surface area contributed by atoms with Crippen LogP contribution in [0.15, 0.2) is 91.1 Å². The molecular weight excluding hydrogens is 643 g/mol. The monoisotopic (exact) mass is 679 g/mol. The van der Waals surface area contributed by atoms with Crippen LogP contribution in [0.25, 0.3) is 10.9 Å². The Labute approximate surface area is 287 Å². The van der Waals surface area contributed by atoms with Gasteiger partial charge in [0.15, 0.2) is 0 Å². The van der Waals surface area contributed by atoms with Gasteiger partial charge in [0.05, 0.1) is 0 Å². The fourth-order valence-electron chi connectivity index (χ4n) is 6.27. The van der Waals surface area contributed by atoms with Gasteiger partial charge in [-0.05, 0) is 35.7 Å². The molecule has 4 N–H and O–H groups in total. The number of benzene rings is 3. The number of carbonyl (C=O) groups excluding carboxylic acids is 4. The van der Waals surface area contributed by atoms with Crippen LogP contribution in [0.5, 0.6) is 0 Å². The normalized spacial score (nSPS) is 24.0. The zero-order valence-electron chi connectivity index (χ0n) is 24.9. The summed E-state index contributed by atoms with van der Waals surface area (Å²) in [4.78, 5) is 60.6. The summed E-state index contributed by atoms with van der Waals surface area (Å²) in [7, 11) is 0. The molecule has 5 atom stereocenters. The van der Waals surface area contributed by atoms with E-state index >= 15 is 0 Å². The number of aromatic amines is 1. The average Bonchev–Trinajstić information content (AvgIpc) is 3.63. The Balaban J connectivity index is 0.00000400. The van der Waals surface area contributed by atoms with E-state index in [1.165, 1.54) is 4.90 Å². The van der Waals surface area contributed by atoms with Crippen molar-refractivity contribution in [3.63, 3.8) is 0 Å². The number of fused-ring (bicyclic) bond motifs is 2. The first-order valence-corrected chi connectivity index (χ1v) is 15.0. The molecule has 45 heavy (non-hydrogen) atoms. The molecule has 10 heteroatoms. The summed E-state index contributed by atoms with van der Waals surface area (Å²) in [6.07, 6.45) is 2.85. The van der Waals surface area contributed by atoms with Gasteiger partial charge in [0, 0.05) is 69.1 Å². The Morgan fingerprint density at radius 3 is 1.87 bits per heavy atom. The largest absolute Gasteiger partial charge is 0.361 e. The number of nitrogens with zero attached hydrogens (tertiary/aromatic N) is 1. The van der Waals surface area contributed by atoms with Crippen molar-refractivity contribution in [3.8, 4) is 0 Å². The number of para-hydroxylation sites is 1. The van der Waals surface area contributed by atoms with Crippen LogP contribution in [0.1, 0.15) is 23.1 Å². The van der Waals surface area contributed by atoms with Gasteiger partial charge in [0.25, 0.3) is 0 Å². The Hall–Kier alpha value is -3.82. The van der Waals surface area contributed by atoms with Crippen LogP contribution in [-0.2, 0) is 71.1 Å². The first-order chi connectivity index (χ1) is 21.4. The number of aromatic nitrogens is 1. The molecule has 0 saturated carbocycles. The number of carbonyl (C=O) groups is 4. The molecule has 2 fully saturated rings. The van der Waals surface area contributed by atoms with Gasteiger partial charge in [0.2, 0.25) is 23.6 Å². The third-order valence-corrected chi connectivity index (χ3v) is 8.52. The number of amides is 4. The Morgan fingerprint density at radius 2 is 1.20 bits per heavy atom. The van der Waals surface area contributed by atoms with Gasteiger partial charge < -0.3 is 32.8 Å². The van der Waals surface area contributed by atoms with E-state index in [1.54, 1.807) is 0 Å². The molecular formula is C35H36N5O4Y-. The maximum absolute atomic E-state index is 14.1. The van der Waals surface area contributed by atoms with Gasteiger partial charge in [-0.1, -0.05) is 78.9 Å². The van der Waals surface area contributed by atoms with Crippen LogP contribution in [0.3, 0.4) is 0 Å². The molecule has 4 amide bonds. The third-order valence-electron chi connectivity index (χ3n) is 8.52. The summed E-state index contributed by atoms with van der Waals surface area (Å²) in [6, 6.07) is 22.9. The van der Waals surface area contributed by atoms with Crippen LogP contribution in [0, 0.1) is 12.8 Å². The van der Waals surface area contributed by atoms with Gasteiger partial charge in [0.1, 0.15) is 24.2 Å². The minimum Gasteiger partial charge on any atom is -0.361 e. The minimum atomic E-state index is -1.00. The third kappa shape index (κ3) is 7.53. The SMILES string of the molecule is [CH2-][C@@H]1C[C@@H]2C(=O)N[C@@H](Cc3ccccc3)C(=O)N[C@@H](Cc3c[nH]c4ccccc34)C(=O)N[C@@H](Cc3ccccc3)C(=O)N2C1.[Y]. The smallest absolute Gasteiger partial charge is 0.246 e. The first kappa shape index (κ1) is 32.6. The van der Waals surface area contributed by atoms with Crippen molar-refractivity contribution in [2.45, 2.75) is 49.9 Å². The van der Waals surface area contributed by atoms with Crippen LogP contribution < -0.4 is 16.0 Å². The van der Waals surface area contributed by atoms with Crippen molar-refractivity contribution >= 4 is 34.5 Å². The van der Waals surface area contributed by atoms with E-state index in [2.05, 4.69) is 27.9 Å². The van der Waals surface area contributed by atoms with Crippen molar-refractivity contribution in [1.29, 1.82) is 0 Å². The number of H-pyrrole nitrogens is 1. The Morgan fingerprint density at radius 1 is 0.667 bits per heavy atom. The Bertz CT molecular complexity index is 1660. The average molecular weight is 680 g/mol. The Kier molecular flexibility index (Phi) is 10.5. The van der Waals surface area contributed by atoms with Crippen molar-refractivity contribution in [2.75, 3.05) is 6.54 Å². The van der Waals surface area contributed by atoms with Gasteiger partial charge in [-0.25, -0.2) is 0 Å². The molecule has 229 valence electrons. The maximum atomic E-state index is 14.1. The molecule has 9 nitrogen and oxygen atoms in total. The van der Waals surface area contributed by atoms with E-state index in [1.807, 2.05) is 91.1 Å². The van der Waals surface area contributed by atoms with Gasteiger partial charge in [-0.2, -0.15) is 0 Å². The number of nitrogens with one attached hydrogen (secondary N) is 4. The van der Waals surface area contributed by atoms with Crippen molar-refractivity contribution in [1.82, 2.24) is 25.8 Å². The molecule has 4 aromatic rings. The molecule has 3 aromatic carbocycles. The minimum absolute atomic E-state index is 0. The van der Waals surface area contributed by atoms with Gasteiger partial charge >= 0.3 is 0 Å². The second-order valence-electron chi connectivity index (χ2n) is 11.7. The van der Waals surface area contributed by atoms with E-state index in [9.17, 15) is 19.2 Å². The van der Waals surface area contributed by atoms with E-state index in [0.717, 1.165) is 27.6 Å². The van der Waals surface area contributed by atoms with Crippen LogP contribution >= 0.6 is 0 Å². The summed E-state index contributed by atoms with van der Waals surface area (Å²) < 4.78 is 0. The summed E-state index contributed by atoms with van der Waals surface area (Å²) >= 11 is 0. The second kappa shape index (κ2) is 14.5. The summed E-state index contributed by atoms with van der Waals surface area (Å²) in [5.74, 6) is -1.84. The number of hydrogen-bond acceptors (Lipinski definition) is 4. The maximum Gasteiger partial charge on any atom is 0.246 e. The number of hydrogen-bond donors (Lipinski definition) is 4. The summed E-state index contributed by atoms with van der Waals surface area (Å²) in [6.45, 7) is 4.42. The zero-order valence-corrected chi connectivity index (χ0v) is 27.8. The molecule has 3 heterocycles. The quantitative estimate of drug-likeness (QED) is 0.234. The topological polar surface area (TPSA) is 123 Å². The van der Waals surface area contributed by atoms with Crippen molar-refractivity contribution in [2.24, 2.45) is 5.92 Å². The van der Waals surface area contributed by atoms with E-state index in [-0.39, 0.29) is 70.3 Å². The molecule has 1 radical (unpaired) electrons. The second-order valence-corrected chi connectivity index (χ2v) is 11.7. The van der Waals surface area contributed by atoms with Crippen LogP contribution in [-0.4, -0.2) is 64.2 Å². The molecule has 1 aromatic heterocycles. The molecule has 0 spiro atoms.